The van der Waals surface area contributed by atoms with Gasteiger partial charge in [-0.15, -0.1) is 12.4 Å². The Balaban J connectivity index is 0.00000280. The van der Waals surface area contributed by atoms with Crippen molar-refractivity contribution >= 4 is 24.3 Å². The van der Waals surface area contributed by atoms with Gasteiger partial charge in [-0.3, -0.25) is 4.79 Å². The Bertz CT molecular complexity index is 650. The summed E-state index contributed by atoms with van der Waals surface area (Å²) in [6.45, 7) is 4.02. The van der Waals surface area contributed by atoms with Crippen LogP contribution in [-0.2, 0) is 22.5 Å². The van der Waals surface area contributed by atoms with Crippen molar-refractivity contribution in [2.24, 2.45) is 5.73 Å². The van der Waals surface area contributed by atoms with E-state index in [4.69, 9.17) is 10.5 Å². The zero-order chi connectivity index (χ0) is 19.1. The quantitative estimate of drug-likeness (QED) is 0.696. The Morgan fingerprint density at radius 1 is 1.11 bits per heavy atom. The lowest BCUT2D eigenvalue weighted by Crippen LogP contribution is -2.49. The molecule has 2 heterocycles. The number of benzene rings is 1. The second-order valence-corrected chi connectivity index (χ2v) is 7.19. The fourth-order valence-corrected chi connectivity index (χ4v) is 3.65. The number of nitrogens with one attached hydrogen (secondary N) is 1. The van der Waals surface area contributed by atoms with Crippen molar-refractivity contribution in [3.8, 4) is 0 Å². The number of amides is 3. The average Bonchev–Trinajstić information content (AvgIpc) is 2.72. The van der Waals surface area contributed by atoms with Crippen LogP contribution in [0.3, 0.4) is 0 Å². The molecule has 3 N–H and O–H groups in total. The van der Waals surface area contributed by atoms with E-state index in [0.29, 0.717) is 39.3 Å². The van der Waals surface area contributed by atoms with Gasteiger partial charge >= 0.3 is 6.03 Å². The van der Waals surface area contributed by atoms with Crippen LogP contribution in [0, 0.1) is 0 Å². The van der Waals surface area contributed by atoms with Crippen LogP contribution in [0.2, 0.25) is 0 Å². The average molecular weight is 411 g/mol. The molecule has 0 atom stereocenters. The van der Waals surface area contributed by atoms with E-state index in [0.717, 1.165) is 25.7 Å². The number of fused-ring (bicyclic) bond motifs is 1. The van der Waals surface area contributed by atoms with Gasteiger partial charge in [-0.1, -0.05) is 24.3 Å². The molecule has 8 heteroatoms. The minimum absolute atomic E-state index is 0. The number of urea groups is 1. The van der Waals surface area contributed by atoms with Gasteiger partial charge in [0.1, 0.15) is 0 Å². The summed E-state index contributed by atoms with van der Waals surface area (Å²) in [7, 11) is 0. The highest BCUT2D eigenvalue weighted by Gasteiger charge is 2.25. The van der Waals surface area contributed by atoms with Crippen molar-refractivity contribution in [2.45, 2.75) is 38.3 Å². The van der Waals surface area contributed by atoms with Crippen molar-refractivity contribution in [2.75, 3.05) is 39.3 Å². The number of piperidine rings is 1. The number of nitrogens with zero attached hydrogens (tertiary/aromatic N) is 2. The Hall–Kier alpha value is -1.83. The van der Waals surface area contributed by atoms with E-state index in [1.165, 1.54) is 11.1 Å². The van der Waals surface area contributed by atoms with E-state index in [2.05, 4.69) is 17.4 Å². The third-order valence-electron chi connectivity index (χ3n) is 5.31. The van der Waals surface area contributed by atoms with E-state index in [1.807, 2.05) is 17.0 Å². The summed E-state index contributed by atoms with van der Waals surface area (Å²) in [4.78, 5) is 28.4. The number of carbonyl (C=O) groups is 2. The molecular weight excluding hydrogens is 380 g/mol. The first kappa shape index (κ1) is 22.5. The molecule has 2 aliphatic heterocycles. The minimum atomic E-state index is -0.169. The molecule has 0 saturated carbocycles. The Kier molecular flexibility index (Phi) is 9.02. The SMILES string of the molecule is Cl.NCCCOC1CCN(C(=O)CNC(=O)N2CCc3ccccc3C2)CC1. The highest BCUT2D eigenvalue weighted by molar-refractivity contribution is 5.85. The fourth-order valence-electron chi connectivity index (χ4n) is 3.65. The lowest BCUT2D eigenvalue weighted by Gasteiger charge is -2.32. The molecule has 0 radical (unpaired) electrons. The van der Waals surface area contributed by atoms with Gasteiger partial charge in [-0.2, -0.15) is 0 Å². The van der Waals surface area contributed by atoms with Crippen LogP contribution in [0.5, 0.6) is 0 Å². The molecule has 7 nitrogen and oxygen atoms in total. The number of halogens is 1. The molecule has 3 amide bonds. The zero-order valence-electron chi connectivity index (χ0n) is 16.3. The summed E-state index contributed by atoms with van der Waals surface area (Å²) >= 11 is 0. The highest BCUT2D eigenvalue weighted by Crippen LogP contribution is 2.18. The van der Waals surface area contributed by atoms with Gasteiger partial charge in [-0.05, 0) is 43.4 Å². The summed E-state index contributed by atoms with van der Waals surface area (Å²) in [5.41, 5.74) is 7.95. The van der Waals surface area contributed by atoms with Gasteiger partial charge in [-0.25, -0.2) is 4.79 Å². The number of hydrogen-bond donors (Lipinski definition) is 2. The summed E-state index contributed by atoms with van der Waals surface area (Å²) in [5.74, 6) is -0.0267. The molecule has 1 saturated heterocycles. The van der Waals surface area contributed by atoms with Gasteiger partial charge < -0.3 is 25.6 Å². The first-order chi connectivity index (χ1) is 13.2. The first-order valence-electron chi connectivity index (χ1n) is 9.86. The smallest absolute Gasteiger partial charge is 0.318 e. The molecule has 3 rings (SSSR count). The summed E-state index contributed by atoms with van der Waals surface area (Å²) in [5, 5.41) is 2.78. The van der Waals surface area contributed by atoms with Gasteiger partial charge in [0.2, 0.25) is 5.91 Å². The van der Waals surface area contributed by atoms with E-state index in [-0.39, 0.29) is 37.0 Å². The number of ether oxygens (including phenoxy) is 1. The minimum Gasteiger partial charge on any atom is -0.378 e. The van der Waals surface area contributed by atoms with Crippen molar-refractivity contribution < 1.29 is 14.3 Å². The second kappa shape index (κ2) is 11.2. The number of hydrogen-bond acceptors (Lipinski definition) is 4. The van der Waals surface area contributed by atoms with Crippen LogP contribution in [0.15, 0.2) is 24.3 Å². The fraction of sp³-hybridized carbons (Fsp3) is 0.600. The third kappa shape index (κ3) is 6.09. The number of nitrogens with two attached hydrogens (primary N) is 1. The molecule has 0 aromatic heterocycles. The lowest BCUT2D eigenvalue weighted by atomic mass is 10.0. The highest BCUT2D eigenvalue weighted by atomic mass is 35.5. The number of rotatable bonds is 6. The zero-order valence-corrected chi connectivity index (χ0v) is 17.1. The Labute approximate surface area is 173 Å². The Morgan fingerprint density at radius 3 is 2.54 bits per heavy atom. The molecule has 2 aliphatic rings. The molecule has 156 valence electrons. The third-order valence-corrected chi connectivity index (χ3v) is 5.31. The monoisotopic (exact) mass is 410 g/mol. The van der Waals surface area contributed by atoms with Gasteiger partial charge in [0.25, 0.3) is 0 Å². The van der Waals surface area contributed by atoms with E-state index in [9.17, 15) is 9.59 Å². The first-order valence-corrected chi connectivity index (χ1v) is 9.86. The van der Waals surface area contributed by atoms with Gasteiger partial charge in [0, 0.05) is 32.8 Å². The van der Waals surface area contributed by atoms with Crippen molar-refractivity contribution in [1.29, 1.82) is 0 Å². The van der Waals surface area contributed by atoms with Crippen LogP contribution in [0.4, 0.5) is 4.79 Å². The summed E-state index contributed by atoms with van der Waals surface area (Å²) in [6.07, 6.45) is 3.62. The molecule has 1 fully saturated rings. The maximum absolute atomic E-state index is 12.4. The molecule has 0 bridgehead atoms. The lowest BCUT2D eigenvalue weighted by molar-refractivity contribution is -0.132. The van der Waals surface area contributed by atoms with E-state index < -0.39 is 0 Å². The molecular formula is C20H31ClN4O3. The maximum Gasteiger partial charge on any atom is 0.318 e. The number of likely N-dealkylation sites (tertiary alicyclic amines) is 1. The van der Waals surface area contributed by atoms with Crippen LogP contribution < -0.4 is 11.1 Å². The molecule has 1 aromatic carbocycles. The van der Waals surface area contributed by atoms with E-state index in [1.54, 1.807) is 4.90 Å². The maximum atomic E-state index is 12.4. The molecule has 1 aromatic rings. The van der Waals surface area contributed by atoms with Crippen molar-refractivity contribution in [1.82, 2.24) is 15.1 Å². The second-order valence-electron chi connectivity index (χ2n) is 7.19. The van der Waals surface area contributed by atoms with Crippen LogP contribution in [0.25, 0.3) is 0 Å². The standard InChI is InChI=1S/C20H30N4O3.ClH/c21-9-3-13-27-18-7-11-23(12-8-18)19(25)14-22-20(26)24-10-6-16-4-1-2-5-17(16)15-24;/h1-2,4-5,18H,3,6-15,21H2,(H,22,26);1H. The molecule has 0 aliphatic carbocycles. The largest absolute Gasteiger partial charge is 0.378 e. The summed E-state index contributed by atoms with van der Waals surface area (Å²) in [6, 6.07) is 8.02. The predicted octanol–water partition coefficient (Wildman–Crippen LogP) is 1.53. The molecule has 0 unspecified atom stereocenters. The Morgan fingerprint density at radius 2 is 1.82 bits per heavy atom. The van der Waals surface area contributed by atoms with Gasteiger partial charge in [0.05, 0.1) is 12.6 Å². The van der Waals surface area contributed by atoms with Crippen LogP contribution in [0.1, 0.15) is 30.4 Å². The normalized spacial score (nSPS) is 16.9. The van der Waals surface area contributed by atoms with E-state index >= 15 is 0 Å². The van der Waals surface area contributed by atoms with Crippen LogP contribution in [-0.4, -0.2) is 67.2 Å². The summed E-state index contributed by atoms with van der Waals surface area (Å²) < 4.78 is 5.76. The topological polar surface area (TPSA) is 87.9 Å². The predicted molar refractivity (Wildman–Crippen MR) is 110 cm³/mol. The number of carbonyl (C=O) groups excluding carboxylic acids is 2. The van der Waals surface area contributed by atoms with Crippen molar-refractivity contribution in [3.05, 3.63) is 35.4 Å². The molecule has 0 spiro atoms. The molecule has 28 heavy (non-hydrogen) atoms. The van der Waals surface area contributed by atoms with Crippen LogP contribution >= 0.6 is 12.4 Å². The van der Waals surface area contributed by atoms with Crippen molar-refractivity contribution in [3.63, 3.8) is 0 Å². The van der Waals surface area contributed by atoms with Gasteiger partial charge in [0.15, 0.2) is 0 Å².